The lowest BCUT2D eigenvalue weighted by atomic mass is 9.91. The Kier molecular flexibility index (Phi) is 5.35. The molecule has 0 unspecified atom stereocenters. The number of carbonyl (C=O) groups is 2. The number of nitrogens with zero attached hydrogens (tertiary/aromatic N) is 2. The van der Waals surface area contributed by atoms with E-state index < -0.39 is 0 Å². The third-order valence-electron chi connectivity index (χ3n) is 4.81. The predicted octanol–water partition coefficient (Wildman–Crippen LogP) is 3.76. The van der Waals surface area contributed by atoms with E-state index in [1.165, 1.54) is 6.20 Å². The Balaban J connectivity index is 1.79. The molecule has 0 aliphatic carbocycles. The van der Waals surface area contributed by atoms with Crippen LogP contribution < -0.4 is 5.32 Å². The number of hydrogen-bond donors (Lipinski definition) is 1. The first-order valence-electron chi connectivity index (χ1n) is 9.05. The fourth-order valence-corrected chi connectivity index (χ4v) is 3.59. The minimum atomic E-state index is -0.231. The molecule has 1 N–H and O–H groups in total. The first-order valence-corrected chi connectivity index (χ1v) is 9.05. The van der Waals surface area contributed by atoms with Crippen LogP contribution in [0.1, 0.15) is 46.5 Å². The molecule has 2 heterocycles. The molecular formula is C21H25N3O2. The molecule has 2 aromatic rings. The van der Waals surface area contributed by atoms with E-state index >= 15 is 0 Å². The summed E-state index contributed by atoms with van der Waals surface area (Å²) in [5.41, 5.74) is 2.67. The van der Waals surface area contributed by atoms with Gasteiger partial charge in [0.25, 0.3) is 11.8 Å². The molecule has 1 saturated heterocycles. The Morgan fingerprint density at radius 3 is 2.50 bits per heavy atom. The Morgan fingerprint density at radius 2 is 1.85 bits per heavy atom. The largest absolute Gasteiger partial charge is 0.338 e. The van der Waals surface area contributed by atoms with Crippen molar-refractivity contribution in [2.75, 3.05) is 18.4 Å². The highest BCUT2D eigenvalue weighted by Gasteiger charge is 2.26. The summed E-state index contributed by atoms with van der Waals surface area (Å²) in [6.07, 6.45) is 4.31. The van der Waals surface area contributed by atoms with Gasteiger partial charge in [-0.25, -0.2) is 0 Å². The van der Waals surface area contributed by atoms with Gasteiger partial charge in [-0.1, -0.05) is 19.9 Å². The number of carbonyl (C=O) groups excluding carboxylic acids is 2. The van der Waals surface area contributed by atoms with Crippen LogP contribution in [0.2, 0.25) is 0 Å². The first-order chi connectivity index (χ1) is 12.4. The van der Waals surface area contributed by atoms with Crippen molar-refractivity contribution in [3.63, 3.8) is 0 Å². The molecule has 2 amide bonds. The van der Waals surface area contributed by atoms with Gasteiger partial charge in [0.15, 0.2) is 0 Å². The predicted molar refractivity (Wildman–Crippen MR) is 102 cm³/mol. The zero-order chi connectivity index (χ0) is 18.7. The van der Waals surface area contributed by atoms with Crippen molar-refractivity contribution >= 4 is 17.5 Å². The Labute approximate surface area is 154 Å². The van der Waals surface area contributed by atoms with Gasteiger partial charge in [-0.2, -0.15) is 0 Å². The fourth-order valence-electron chi connectivity index (χ4n) is 3.59. The summed E-state index contributed by atoms with van der Waals surface area (Å²) in [5, 5.41) is 2.89. The minimum Gasteiger partial charge on any atom is -0.338 e. The van der Waals surface area contributed by atoms with E-state index in [1.807, 2.05) is 24.0 Å². The van der Waals surface area contributed by atoms with Crippen LogP contribution in [0.5, 0.6) is 0 Å². The van der Waals surface area contributed by atoms with E-state index in [4.69, 9.17) is 0 Å². The highest BCUT2D eigenvalue weighted by molar-refractivity contribution is 6.05. The topological polar surface area (TPSA) is 62.3 Å². The molecule has 26 heavy (non-hydrogen) atoms. The van der Waals surface area contributed by atoms with Crippen molar-refractivity contribution < 1.29 is 9.59 Å². The molecule has 5 nitrogen and oxygen atoms in total. The van der Waals surface area contributed by atoms with Crippen LogP contribution in [0, 0.1) is 18.8 Å². The van der Waals surface area contributed by atoms with Crippen molar-refractivity contribution in [2.24, 2.45) is 11.8 Å². The average Bonchev–Trinajstić information content (AvgIpc) is 2.63. The number of amides is 2. The molecule has 0 saturated carbocycles. The molecule has 0 bridgehead atoms. The fraction of sp³-hybridized carbons (Fsp3) is 0.381. The third-order valence-corrected chi connectivity index (χ3v) is 4.81. The van der Waals surface area contributed by atoms with Crippen LogP contribution in [-0.2, 0) is 0 Å². The monoisotopic (exact) mass is 351 g/mol. The van der Waals surface area contributed by atoms with Gasteiger partial charge in [-0.15, -0.1) is 0 Å². The number of aryl methyl sites for hydroxylation is 1. The van der Waals surface area contributed by atoms with Gasteiger partial charge in [0, 0.05) is 36.7 Å². The number of piperidine rings is 1. The number of likely N-dealkylation sites (tertiary alicyclic amines) is 1. The number of pyridine rings is 1. The first kappa shape index (κ1) is 18.1. The Hall–Kier alpha value is -2.69. The summed E-state index contributed by atoms with van der Waals surface area (Å²) < 4.78 is 0. The maximum atomic E-state index is 12.9. The zero-order valence-electron chi connectivity index (χ0n) is 15.5. The SMILES string of the molecule is Cc1ccc(C(=O)N2C[C@H](C)C[C@@H](C)C2)cc1NC(=O)c1cccnc1. The van der Waals surface area contributed by atoms with Gasteiger partial charge in [0.2, 0.25) is 0 Å². The standard InChI is InChI=1S/C21H25N3O2/c1-14-9-15(2)13-24(12-14)21(26)17-7-6-16(3)19(10-17)23-20(25)18-5-4-8-22-11-18/h4-8,10-11,14-15H,9,12-13H2,1-3H3,(H,23,25)/t14-,15-/m1/s1. The minimum absolute atomic E-state index is 0.0280. The second-order valence-electron chi connectivity index (χ2n) is 7.38. The highest BCUT2D eigenvalue weighted by Crippen LogP contribution is 2.24. The number of nitrogens with one attached hydrogen (secondary N) is 1. The van der Waals surface area contributed by atoms with Crippen LogP contribution in [0.25, 0.3) is 0 Å². The van der Waals surface area contributed by atoms with Crippen molar-refractivity contribution in [3.8, 4) is 0 Å². The molecule has 3 rings (SSSR count). The van der Waals surface area contributed by atoms with Gasteiger partial charge in [-0.05, 0) is 55.0 Å². The van der Waals surface area contributed by atoms with E-state index in [0.717, 1.165) is 25.1 Å². The average molecular weight is 351 g/mol. The molecule has 0 radical (unpaired) electrons. The van der Waals surface area contributed by atoms with Gasteiger partial charge < -0.3 is 10.2 Å². The lowest BCUT2D eigenvalue weighted by Gasteiger charge is -2.35. The smallest absolute Gasteiger partial charge is 0.257 e. The van der Waals surface area contributed by atoms with E-state index in [-0.39, 0.29) is 11.8 Å². The van der Waals surface area contributed by atoms with Crippen molar-refractivity contribution in [2.45, 2.75) is 27.2 Å². The zero-order valence-corrected chi connectivity index (χ0v) is 15.5. The number of hydrogen-bond acceptors (Lipinski definition) is 3. The maximum Gasteiger partial charge on any atom is 0.257 e. The van der Waals surface area contributed by atoms with Gasteiger partial charge >= 0.3 is 0 Å². The summed E-state index contributed by atoms with van der Waals surface area (Å²) in [7, 11) is 0. The number of aromatic nitrogens is 1. The quantitative estimate of drug-likeness (QED) is 0.916. The van der Waals surface area contributed by atoms with Gasteiger partial charge in [-0.3, -0.25) is 14.6 Å². The van der Waals surface area contributed by atoms with Crippen molar-refractivity contribution in [3.05, 3.63) is 59.4 Å². The molecular weight excluding hydrogens is 326 g/mol. The number of rotatable bonds is 3. The number of anilines is 1. The second kappa shape index (κ2) is 7.68. The number of benzene rings is 1. The third kappa shape index (κ3) is 4.10. The van der Waals surface area contributed by atoms with E-state index in [2.05, 4.69) is 24.1 Å². The van der Waals surface area contributed by atoms with E-state index in [9.17, 15) is 9.59 Å². The molecule has 5 heteroatoms. The van der Waals surface area contributed by atoms with Crippen molar-refractivity contribution in [1.82, 2.24) is 9.88 Å². The summed E-state index contributed by atoms with van der Waals surface area (Å²) in [4.78, 5) is 31.2. The summed E-state index contributed by atoms with van der Waals surface area (Å²) in [6, 6.07) is 8.92. The van der Waals surface area contributed by atoms with Crippen LogP contribution in [0.3, 0.4) is 0 Å². The van der Waals surface area contributed by atoms with Crippen LogP contribution >= 0.6 is 0 Å². The lowest BCUT2D eigenvalue weighted by Crippen LogP contribution is -2.42. The second-order valence-corrected chi connectivity index (χ2v) is 7.38. The van der Waals surface area contributed by atoms with Crippen LogP contribution in [-0.4, -0.2) is 34.8 Å². The Bertz CT molecular complexity index is 794. The molecule has 1 aromatic heterocycles. The molecule has 1 aliphatic rings. The van der Waals surface area contributed by atoms with E-state index in [1.54, 1.807) is 24.4 Å². The van der Waals surface area contributed by atoms with Crippen LogP contribution in [0.15, 0.2) is 42.7 Å². The summed E-state index contributed by atoms with van der Waals surface area (Å²) >= 11 is 0. The molecule has 1 aliphatic heterocycles. The molecule has 0 spiro atoms. The normalized spacial score (nSPS) is 19.9. The molecule has 1 aromatic carbocycles. The van der Waals surface area contributed by atoms with Crippen LogP contribution in [0.4, 0.5) is 5.69 Å². The Morgan fingerprint density at radius 1 is 1.12 bits per heavy atom. The molecule has 1 fully saturated rings. The van der Waals surface area contributed by atoms with Crippen molar-refractivity contribution in [1.29, 1.82) is 0 Å². The highest BCUT2D eigenvalue weighted by atomic mass is 16.2. The van der Waals surface area contributed by atoms with Gasteiger partial charge in [0.1, 0.15) is 0 Å². The lowest BCUT2D eigenvalue weighted by molar-refractivity contribution is 0.0623. The summed E-state index contributed by atoms with van der Waals surface area (Å²) in [6.45, 7) is 7.86. The van der Waals surface area contributed by atoms with Gasteiger partial charge in [0.05, 0.1) is 5.56 Å². The molecule has 2 atom stereocenters. The summed E-state index contributed by atoms with van der Waals surface area (Å²) in [5.74, 6) is 0.821. The maximum absolute atomic E-state index is 12.9. The van der Waals surface area contributed by atoms with E-state index in [0.29, 0.717) is 28.7 Å². The molecule has 136 valence electrons.